The monoisotopic (exact) mass is 306 g/mol. The lowest BCUT2D eigenvalue weighted by molar-refractivity contribution is 0.102. The maximum Gasteiger partial charge on any atom is 0.401 e. The maximum atomic E-state index is 12.3. The molecular formula is C15H15O5P. The van der Waals surface area contributed by atoms with Crippen LogP contribution in [0, 0.1) is 0 Å². The summed E-state index contributed by atoms with van der Waals surface area (Å²) >= 11 is 0. The molecule has 0 unspecified atom stereocenters. The largest absolute Gasteiger partial charge is 0.457 e. The van der Waals surface area contributed by atoms with Crippen LogP contribution in [-0.2, 0) is 13.6 Å². The van der Waals surface area contributed by atoms with Crippen molar-refractivity contribution in [2.24, 2.45) is 0 Å². The highest BCUT2D eigenvalue weighted by molar-refractivity contribution is 7.72. The average molecular weight is 306 g/mol. The Hall–Kier alpha value is -1.94. The molecule has 0 bridgehead atoms. The predicted octanol–water partition coefficient (Wildman–Crippen LogP) is 4.11. The molecule has 0 aliphatic rings. The molecule has 0 aliphatic heterocycles. The highest BCUT2D eigenvalue weighted by atomic mass is 31.2. The summed E-state index contributed by atoms with van der Waals surface area (Å²) in [5.74, 6) is 0.866. The summed E-state index contributed by atoms with van der Waals surface area (Å²) < 4.78 is 27.3. The number of ether oxygens (including phenoxy) is 1. The zero-order valence-corrected chi connectivity index (χ0v) is 12.6. The maximum absolute atomic E-state index is 12.3. The Morgan fingerprint density at radius 1 is 0.905 bits per heavy atom. The summed E-state index contributed by atoms with van der Waals surface area (Å²) in [5.41, 5.74) is -0.590. The molecule has 0 saturated heterocycles. The number of para-hydroxylation sites is 2. The van der Waals surface area contributed by atoms with Crippen molar-refractivity contribution in [3.05, 3.63) is 60.2 Å². The highest BCUT2D eigenvalue weighted by Crippen LogP contribution is 2.51. The minimum Gasteiger partial charge on any atom is -0.457 e. The molecule has 0 heterocycles. The Labute approximate surface area is 123 Å². The third-order valence-corrected chi connectivity index (χ3v) is 4.52. The van der Waals surface area contributed by atoms with E-state index in [4.69, 9.17) is 13.8 Å². The average Bonchev–Trinajstić information content (AvgIpc) is 2.55. The third-order valence-electron chi connectivity index (χ3n) is 2.82. The standard InChI is InChI=1S/C15H15O5P/c1-18-21(17,19-2)15(16)13-10-6-7-11-14(13)20-12-8-4-3-5-9-12/h3-11H,1-2H3. The van der Waals surface area contributed by atoms with E-state index >= 15 is 0 Å². The van der Waals surface area contributed by atoms with Gasteiger partial charge in [-0.1, -0.05) is 30.3 Å². The van der Waals surface area contributed by atoms with E-state index in [0.717, 1.165) is 0 Å². The Balaban J connectivity index is 2.38. The van der Waals surface area contributed by atoms with Crippen molar-refractivity contribution in [2.45, 2.75) is 0 Å². The first-order valence-corrected chi connectivity index (χ1v) is 7.73. The fraction of sp³-hybridized carbons (Fsp3) is 0.133. The van der Waals surface area contributed by atoms with Gasteiger partial charge in [-0.05, 0) is 24.3 Å². The molecule has 110 valence electrons. The second-order valence-electron chi connectivity index (χ2n) is 4.08. The van der Waals surface area contributed by atoms with Crippen molar-refractivity contribution in [1.29, 1.82) is 0 Å². The Kier molecular flexibility index (Phi) is 4.91. The second-order valence-corrected chi connectivity index (χ2v) is 6.21. The van der Waals surface area contributed by atoms with Crippen LogP contribution in [0.2, 0.25) is 0 Å². The van der Waals surface area contributed by atoms with Gasteiger partial charge in [-0.2, -0.15) is 0 Å². The van der Waals surface area contributed by atoms with Crippen LogP contribution in [0.5, 0.6) is 11.5 Å². The van der Waals surface area contributed by atoms with Gasteiger partial charge in [-0.3, -0.25) is 9.36 Å². The fourth-order valence-electron chi connectivity index (χ4n) is 1.74. The van der Waals surface area contributed by atoms with E-state index in [1.807, 2.05) is 18.2 Å². The SMILES string of the molecule is COP(=O)(OC)C(=O)c1ccccc1Oc1ccccc1. The summed E-state index contributed by atoms with van der Waals surface area (Å²) in [6.07, 6.45) is 0. The van der Waals surface area contributed by atoms with Gasteiger partial charge in [0.2, 0.25) is 0 Å². The molecule has 0 amide bonds. The van der Waals surface area contributed by atoms with Gasteiger partial charge in [-0.15, -0.1) is 0 Å². The van der Waals surface area contributed by atoms with E-state index in [0.29, 0.717) is 11.5 Å². The summed E-state index contributed by atoms with van der Waals surface area (Å²) in [6, 6.07) is 15.5. The van der Waals surface area contributed by atoms with E-state index in [1.165, 1.54) is 20.3 Å². The molecule has 2 rings (SSSR count). The Morgan fingerprint density at radius 2 is 1.48 bits per heavy atom. The van der Waals surface area contributed by atoms with E-state index in [1.54, 1.807) is 30.3 Å². The molecule has 21 heavy (non-hydrogen) atoms. The first-order valence-electron chi connectivity index (χ1n) is 6.19. The number of carbonyl (C=O) groups excluding carboxylic acids is 1. The van der Waals surface area contributed by atoms with Crippen molar-refractivity contribution in [3.63, 3.8) is 0 Å². The lowest BCUT2D eigenvalue weighted by Crippen LogP contribution is -2.06. The number of benzene rings is 2. The van der Waals surface area contributed by atoms with Crippen LogP contribution in [0.25, 0.3) is 0 Å². The van der Waals surface area contributed by atoms with Gasteiger partial charge in [-0.25, -0.2) is 0 Å². The zero-order chi connectivity index (χ0) is 15.3. The molecule has 0 saturated carbocycles. The molecule has 6 heteroatoms. The Morgan fingerprint density at radius 3 is 2.10 bits per heavy atom. The lowest BCUT2D eigenvalue weighted by Gasteiger charge is -2.15. The van der Waals surface area contributed by atoms with Crippen molar-refractivity contribution in [2.75, 3.05) is 14.2 Å². The van der Waals surface area contributed by atoms with Crippen LogP contribution in [0.15, 0.2) is 54.6 Å². The van der Waals surface area contributed by atoms with E-state index < -0.39 is 13.1 Å². The molecule has 5 nitrogen and oxygen atoms in total. The lowest BCUT2D eigenvalue weighted by atomic mass is 10.2. The van der Waals surface area contributed by atoms with Gasteiger partial charge in [0.05, 0.1) is 5.56 Å². The number of carbonyl (C=O) groups is 1. The Bertz CT molecular complexity index is 661. The smallest absolute Gasteiger partial charge is 0.401 e. The molecule has 0 aliphatic carbocycles. The quantitative estimate of drug-likeness (QED) is 0.752. The molecule has 2 aromatic carbocycles. The molecule has 0 fully saturated rings. The van der Waals surface area contributed by atoms with Crippen LogP contribution in [0.1, 0.15) is 10.4 Å². The summed E-state index contributed by atoms with van der Waals surface area (Å²) in [5, 5.41) is 0. The summed E-state index contributed by atoms with van der Waals surface area (Å²) in [6.45, 7) is 0. The molecule has 0 aromatic heterocycles. The van der Waals surface area contributed by atoms with Crippen LogP contribution in [0.3, 0.4) is 0 Å². The molecule has 0 N–H and O–H groups in total. The van der Waals surface area contributed by atoms with Gasteiger partial charge in [0, 0.05) is 14.2 Å². The van der Waals surface area contributed by atoms with Crippen LogP contribution in [0.4, 0.5) is 0 Å². The topological polar surface area (TPSA) is 61.8 Å². The first-order chi connectivity index (χ1) is 10.1. The van der Waals surface area contributed by atoms with Gasteiger partial charge < -0.3 is 13.8 Å². The van der Waals surface area contributed by atoms with Crippen molar-refractivity contribution in [1.82, 2.24) is 0 Å². The fourth-order valence-corrected chi connectivity index (χ4v) is 2.70. The predicted molar refractivity (Wildman–Crippen MR) is 78.9 cm³/mol. The number of hydrogen-bond donors (Lipinski definition) is 0. The van der Waals surface area contributed by atoms with E-state index in [-0.39, 0.29) is 5.56 Å². The summed E-state index contributed by atoms with van der Waals surface area (Å²) in [7, 11) is -1.51. The zero-order valence-electron chi connectivity index (χ0n) is 11.7. The van der Waals surface area contributed by atoms with E-state index in [9.17, 15) is 9.36 Å². The van der Waals surface area contributed by atoms with Crippen LogP contribution >= 0.6 is 7.60 Å². The summed E-state index contributed by atoms with van der Waals surface area (Å²) in [4.78, 5) is 12.3. The molecule has 2 aromatic rings. The minimum atomic E-state index is -3.84. The van der Waals surface area contributed by atoms with Gasteiger partial charge in [0.15, 0.2) is 0 Å². The van der Waals surface area contributed by atoms with Gasteiger partial charge in [0.25, 0.3) is 5.52 Å². The van der Waals surface area contributed by atoms with Crippen molar-refractivity contribution >= 4 is 13.1 Å². The van der Waals surface area contributed by atoms with Crippen molar-refractivity contribution in [3.8, 4) is 11.5 Å². The second kappa shape index (κ2) is 6.68. The highest BCUT2D eigenvalue weighted by Gasteiger charge is 2.35. The minimum absolute atomic E-state index is 0.147. The van der Waals surface area contributed by atoms with Crippen molar-refractivity contribution < 1.29 is 23.1 Å². The number of hydrogen-bond acceptors (Lipinski definition) is 5. The van der Waals surface area contributed by atoms with Crippen LogP contribution in [-0.4, -0.2) is 19.7 Å². The van der Waals surface area contributed by atoms with Gasteiger partial charge >= 0.3 is 7.60 Å². The van der Waals surface area contributed by atoms with E-state index in [2.05, 4.69) is 0 Å². The molecule has 0 radical (unpaired) electrons. The molecular weight excluding hydrogens is 291 g/mol. The normalized spacial score (nSPS) is 11.1. The number of rotatable bonds is 6. The first kappa shape index (κ1) is 15.4. The molecule has 0 atom stereocenters. The van der Waals surface area contributed by atoms with Gasteiger partial charge in [0.1, 0.15) is 11.5 Å². The molecule has 0 spiro atoms. The third kappa shape index (κ3) is 3.39. The van der Waals surface area contributed by atoms with Crippen LogP contribution < -0.4 is 4.74 Å².